The van der Waals surface area contributed by atoms with Gasteiger partial charge >= 0.3 is 5.97 Å². The van der Waals surface area contributed by atoms with Gasteiger partial charge in [-0.15, -0.1) is 0 Å². The highest BCUT2D eigenvalue weighted by atomic mass is 19.1. The first-order valence-corrected chi connectivity index (χ1v) is 5.01. The van der Waals surface area contributed by atoms with Crippen LogP contribution in [-0.2, 0) is 11.3 Å². The fourth-order valence-electron chi connectivity index (χ4n) is 1.76. The molecule has 0 amide bonds. The molecule has 1 aromatic carbocycles. The lowest BCUT2D eigenvalue weighted by Gasteiger charge is -2.15. The average Bonchev–Trinajstić information content (AvgIpc) is 2.39. The molecule has 0 unspecified atom stereocenters. The highest BCUT2D eigenvalue weighted by Gasteiger charge is 2.19. The van der Waals surface area contributed by atoms with Crippen LogP contribution >= 0.6 is 0 Å². The minimum atomic E-state index is -0.889. The monoisotopic (exact) mass is 225 g/mol. The Morgan fingerprint density at radius 2 is 2.38 bits per heavy atom. The zero-order valence-electron chi connectivity index (χ0n) is 8.65. The lowest BCUT2D eigenvalue weighted by molar-refractivity contribution is -0.138. The van der Waals surface area contributed by atoms with Crippen molar-refractivity contribution in [2.24, 2.45) is 0 Å². The summed E-state index contributed by atoms with van der Waals surface area (Å²) in [4.78, 5) is 12.3. The summed E-state index contributed by atoms with van der Waals surface area (Å²) in [6.45, 7) is 1.14. The normalized spacial score (nSPS) is 16.1. The Balaban J connectivity index is 2.21. The summed E-state index contributed by atoms with van der Waals surface area (Å²) in [5.74, 6) is -1.04. The van der Waals surface area contributed by atoms with Crippen molar-refractivity contribution in [2.75, 3.05) is 19.7 Å². The van der Waals surface area contributed by atoms with E-state index >= 15 is 0 Å². The van der Waals surface area contributed by atoms with Gasteiger partial charge in [0.15, 0.2) is 11.6 Å². The van der Waals surface area contributed by atoms with Crippen molar-refractivity contribution < 1.29 is 19.0 Å². The molecule has 1 N–H and O–H groups in total. The predicted molar refractivity (Wildman–Crippen MR) is 54.8 cm³/mol. The SMILES string of the molecule is O=C(O)CN1CCOc2c(F)cccc2C1. The van der Waals surface area contributed by atoms with Crippen molar-refractivity contribution in [2.45, 2.75) is 6.54 Å². The van der Waals surface area contributed by atoms with Crippen LogP contribution in [0, 0.1) is 5.82 Å². The molecule has 0 radical (unpaired) electrons. The van der Waals surface area contributed by atoms with E-state index in [1.165, 1.54) is 6.07 Å². The van der Waals surface area contributed by atoms with Gasteiger partial charge in [-0.25, -0.2) is 4.39 Å². The molecule has 0 fully saturated rings. The third-order valence-corrected chi connectivity index (χ3v) is 2.46. The van der Waals surface area contributed by atoms with Gasteiger partial charge in [0, 0.05) is 18.7 Å². The molecule has 0 saturated carbocycles. The van der Waals surface area contributed by atoms with Crippen molar-refractivity contribution in [1.82, 2.24) is 4.90 Å². The van der Waals surface area contributed by atoms with Gasteiger partial charge in [-0.05, 0) is 6.07 Å². The molecule has 1 aliphatic heterocycles. The second-order valence-electron chi connectivity index (χ2n) is 3.68. The number of hydrogen-bond donors (Lipinski definition) is 1. The Hall–Kier alpha value is -1.62. The number of hydrogen-bond acceptors (Lipinski definition) is 3. The molecule has 5 heteroatoms. The maximum Gasteiger partial charge on any atom is 0.317 e. The summed E-state index contributed by atoms with van der Waals surface area (Å²) in [6.07, 6.45) is 0. The van der Waals surface area contributed by atoms with E-state index in [0.717, 1.165) is 0 Å². The Labute approximate surface area is 92.2 Å². The molecule has 0 spiro atoms. The van der Waals surface area contributed by atoms with E-state index in [-0.39, 0.29) is 12.3 Å². The van der Waals surface area contributed by atoms with Crippen molar-refractivity contribution >= 4 is 5.97 Å². The molecule has 1 heterocycles. The van der Waals surface area contributed by atoms with E-state index in [1.54, 1.807) is 17.0 Å². The predicted octanol–water partition coefficient (Wildman–Crippen LogP) is 1.10. The van der Waals surface area contributed by atoms with Crippen LogP contribution in [-0.4, -0.2) is 35.7 Å². The van der Waals surface area contributed by atoms with E-state index in [0.29, 0.717) is 25.3 Å². The summed E-state index contributed by atoms with van der Waals surface area (Å²) < 4.78 is 18.7. The third-order valence-electron chi connectivity index (χ3n) is 2.46. The molecule has 0 aliphatic carbocycles. The summed E-state index contributed by atoms with van der Waals surface area (Å²) in [7, 11) is 0. The van der Waals surface area contributed by atoms with E-state index in [4.69, 9.17) is 9.84 Å². The van der Waals surface area contributed by atoms with Crippen LogP contribution in [0.25, 0.3) is 0 Å². The number of nitrogens with zero attached hydrogens (tertiary/aromatic N) is 1. The largest absolute Gasteiger partial charge is 0.489 e. The molecular formula is C11H12FNO3. The lowest BCUT2D eigenvalue weighted by Crippen LogP contribution is -2.31. The second kappa shape index (κ2) is 4.49. The van der Waals surface area contributed by atoms with Gasteiger partial charge in [0.2, 0.25) is 0 Å². The smallest absolute Gasteiger partial charge is 0.317 e. The molecule has 86 valence electrons. The molecule has 16 heavy (non-hydrogen) atoms. The number of carbonyl (C=O) groups is 1. The fourth-order valence-corrected chi connectivity index (χ4v) is 1.76. The van der Waals surface area contributed by atoms with Crippen molar-refractivity contribution in [1.29, 1.82) is 0 Å². The summed E-state index contributed by atoms with van der Waals surface area (Å²) >= 11 is 0. The number of para-hydroxylation sites is 1. The lowest BCUT2D eigenvalue weighted by atomic mass is 10.2. The summed E-state index contributed by atoms with van der Waals surface area (Å²) in [6, 6.07) is 4.69. The molecule has 2 rings (SSSR count). The van der Waals surface area contributed by atoms with Crippen LogP contribution in [0.5, 0.6) is 5.75 Å². The van der Waals surface area contributed by atoms with E-state index < -0.39 is 11.8 Å². The highest BCUT2D eigenvalue weighted by Crippen LogP contribution is 2.25. The molecule has 0 atom stereocenters. The topological polar surface area (TPSA) is 49.8 Å². The van der Waals surface area contributed by atoms with Crippen LogP contribution in [0.4, 0.5) is 4.39 Å². The number of aliphatic carboxylic acids is 1. The number of carboxylic acids is 1. The Morgan fingerprint density at radius 3 is 3.12 bits per heavy atom. The minimum Gasteiger partial charge on any atom is -0.489 e. The van der Waals surface area contributed by atoms with Gasteiger partial charge in [-0.1, -0.05) is 12.1 Å². The zero-order valence-corrected chi connectivity index (χ0v) is 8.65. The number of rotatable bonds is 2. The number of ether oxygens (including phenoxy) is 1. The first kappa shape index (κ1) is 10.9. The van der Waals surface area contributed by atoms with Crippen LogP contribution in [0.2, 0.25) is 0 Å². The fraction of sp³-hybridized carbons (Fsp3) is 0.364. The third kappa shape index (κ3) is 2.30. The number of benzene rings is 1. The zero-order chi connectivity index (χ0) is 11.5. The second-order valence-corrected chi connectivity index (χ2v) is 3.68. The van der Waals surface area contributed by atoms with Crippen molar-refractivity contribution in [3.63, 3.8) is 0 Å². The molecular weight excluding hydrogens is 213 g/mol. The Bertz CT molecular complexity index is 408. The van der Waals surface area contributed by atoms with Crippen molar-refractivity contribution in [3.8, 4) is 5.75 Å². The van der Waals surface area contributed by atoms with Gasteiger partial charge in [-0.2, -0.15) is 0 Å². The molecule has 0 aromatic heterocycles. The van der Waals surface area contributed by atoms with Gasteiger partial charge in [0.25, 0.3) is 0 Å². The Kier molecular flexibility index (Phi) is 3.05. The number of fused-ring (bicyclic) bond motifs is 1. The van der Waals surface area contributed by atoms with E-state index in [9.17, 15) is 9.18 Å². The van der Waals surface area contributed by atoms with Gasteiger partial charge in [-0.3, -0.25) is 9.69 Å². The molecule has 1 aromatic rings. The minimum absolute atomic E-state index is 0.0562. The Morgan fingerprint density at radius 1 is 1.56 bits per heavy atom. The number of carboxylic acid groups (broad SMARTS) is 1. The number of halogens is 1. The molecule has 1 aliphatic rings. The van der Waals surface area contributed by atoms with Crippen LogP contribution in [0.15, 0.2) is 18.2 Å². The summed E-state index contributed by atoms with van der Waals surface area (Å²) in [5.41, 5.74) is 0.693. The molecule has 4 nitrogen and oxygen atoms in total. The van der Waals surface area contributed by atoms with Crippen LogP contribution < -0.4 is 4.74 Å². The quantitative estimate of drug-likeness (QED) is 0.819. The van der Waals surface area contributed by atoms with Gasteiger partial charge in [0.1, 0.15) is 6.61 Å². The van der Waals surface area contributed by atoms with Crippen molar-refractivity contribution in [3.05, 3.63) is 29.6 Å². The van der Waals surface area contributed by atoms with Crippen LogP contribution in [0.3, 0.4) is 0 Å². The average molecular weight is 225 g/mol. The van der Waals surface area contributed by atoms with Gasteiger partial charge in [0.05, 0.1) is 6.54 Å². The van der Waals surface area contributed by atoms with E-state index in [2.05, 4.69) is 0 Å². The van der Waals surface area contributed by atoms with E-state index in [1.807, 2.05) is 0 Å². The maximum atomic E-state index is 13.4. The van der Waals surface area contributed by atoms with Crippen LogP contribution in [0.1, 0.15) is 5.56 Å². The standard InChI is InChI=1S/C11H12FNO3/c12-9-3-1-2-8-6-13(7-10(14)15)4-5-16-11(8)9/h1-3H,4-7H2,(H,14,15). The van der Waals surface area contributed by atoms with Gasteiger partial charge < -0.3 is 9.84 Å². The maximum absolute atomic E-state index is 13.4. The first-order valence-electron chi connectivity index (χ1n) is 5.01. The molecule has 0 bridgehead atoms. The molecule has 0 saturated heterocycles. The highest BCUT2D eigenvalue weighted by molar-refractivity contribution is 5.69. The first-order chi connectivity index (χ1) is 7.66. The summed E-state index contributed by atoms with van der Waals surface area (Å²) in [5, 5.41) is 8.70.